The van der Waals surface area contributed by atoms with Gasteiger partial charge in [-0.1, -0.05) is 30.3 Å². The summed E-state index contributed by atoms with van der Waals surface area (Å²) in [5, 5.41) is 2.96. The molecule has 1 unspecified atom stereocenters. The van der Waals surface area contributed by atoms with Gasteiger partial charge >= 0.3 is 0 Å². The third-order valence-electron chi connectivity index (χ3n) is 2.40. The molecule has 0 fully saturated rings. The van der Waals surface area contributed by atoms with Crippen LogP contribution in [0.3, 0.4) is 0 Å². The summed E-state index contributed by atoms with van der Waals surface area (Å²) < 4.78 is 5.78. The van der Waals surface area contributed by atoms with Crippen molar-refractivity contribution < 1.29 is 4.74 Å². The summed E-state index contributed by atoms with van der Waals surface area (Å²) in [5.74, 6) is 0.460. The molecule has 2 nitrogen and oxygen atoms in total. The Morgan fingerprint density at radius 3 is 2.76 bits per heavy atom. The SMILES string of the molecule is CC(OCc1ccccc1)c1nc(CCl)cs1. The van der Waals surface area contributed by atoms with E-state index in [-0.39, 0.29) is 6.10 Å². The lowest BCUT2D eigenvalue weighted by molar-refractivity contribution is 0.0523. The van der Waals surface area contributed by atoms with Crippen molar-refractivity contribution in [2.75, 3.05) is 0 Å². The standard InChI is InChI=1S/C13H14ClNOS/c1-10(13-15-12(7-14)9-17-13)16-8-11-5-3-2-4-6-11/h2-6,9-10H,7-8H2,1H3. The largest absolute Gasteiger partial charge is 0.367 e. The highest BCUT2D eigenvalue weighted by atomic mass is 35.5. The van der Waals surface area contributed by atoms with Gasteiger partial charge < -0.3 is 4.74 Å². The van der Waals surface area contributed by atoms with E-state index in [0.717, 1.165) is 10.7 Å². The smallest absolute Gasteiger partial charge is 0.122 e. The van der Waals surface area contributed by atoms with Crippen LogP contribution < -0.4 is 0 Å². The third kappa shape index (κ3) is 3.53. The first-order chi connectivity index (χ1) is 8.29. The number of hydrogen-bond donors (Lipinski definition) is 0. The van der Waals surface area contributed by atoms with Crippen molar-refractivity contribution in [3.8, 4) is 0 Å². The van der Waals surface area contributed by atoms with Gasteiger partial charge in [-0.15, -0.1) is 22.9 Å². The molecule has 2 aromatic rings. The van der Waals surface area contributed by atoms with E-state index in [1.54, 1.807) is 11.3 Å². The van der Waals surface area contributed by atoms with E-state index in [9.17, 15) is 0 Å². The van der Waals surface area contributed by atoms with E-state index in [4.69, 9.17) is 16.3 Å². The van der Waals surface area contributed by atoms with E-state index in [2.05, 4.69) is 17.1 Å². The number of hydrogen-bond acceptors (Lipinski definition) is 3. The van der Waals surface area contributed by atoms with Crippen LogP contribution in [0.4, 0.5) is 0 Å². The Labute approximate surface area is 110 Å². The lowest BCUT2D eigenvalue weighted by Crippen LogP contribution is -2.00. The average molecular weight is 268 g/mol. The zero-order valence-electron chi connectivity index (χ0n) is 9.60. The molecule has 0 aliphatic rings. The molecular formula is C13H14ClNOS. The molecule has 0 aliphatic carbocycles. The highest BCUT2D eigenvalue weighted by molar-refractivity contribution is 7.09. The second-order valence-electron chi connectivity index (χ2n) is 3.75. The average Bonchev–Trinajstić information content (AvgIpc) is 2.86. The number of thiazole rings is 1. The Hall–Kier alpha value is -0.900. The van der Waals surface area contributed by atoms with Crippen LogP contribution in [0, 0.1) is 0 Å². The molecule has 0 N–H and O–H groups in total. The minimum atomic E-state index is 0.0113. The fraction of sp³-hybridized carbons (Fsp3) is 0.308. The Kier molecular flexibility index (Phi) is 4.54. The number of alkyl halides is 1. The number of rotatable bonds is 5. The molecule has 1 aromatic heterocycles. The second-order valence-corrected chi connectivity index (χ2v) is 4.91. The minimum absolute atomic E-state index is 0.0113. The molecule has 0 saturated carbocycles. The van der Waals surface area contributed by atoms with Crippen LogP contribution in [0.25, 0.3) is 0 Å². The van der Waals surface area contributed by atoms with Crippen molar-refractivity contribution in [3.63, 3.8) is 0 Å². The van der Waals surface area contributed by atoms with Crippen molar-refractivity contribution in [3.05, 3.63) is 52.0 Å². The van der Waals surface area contributed by atoms with Gasteiger partial charge in [0.2, 0.25) is 0 Å². The van der Waals surface area contributed by atoms with Gasteiger partial charge in [0.25, 0.3) is 0 Å². The third-order valence-corrected chi connectivity index (χ3v) is 3.73. The van der Waals surface area contributed by atoms with Crippen LogP contribution in [0.15, 0.2) is 35.7 Å². The normalized spacial score (nSPS) is 12.6. The van der Waals surface area contributed by atoms with Crippen LogP contribution in [-0.4, -0.2) is 4.98 Å². The summed E-state index contributed by atoms with van der Waals surface area (Å²) in [6.07, 6.45) is 0.0113. The Morgan fingerprint density at radius 1 is 1.35 bits per heavy atom. The maximum Gasteiger partial charge on any atom is 0.122 e. The van der Waals surface area contributed by atoms with Crippen LogP contribution >= 0.6 is 22.9 Å². The summed E-state index contributed by atoms with van der Waals surface area (Å²) in [7, 11) is 0. The van der Waals surface area contributed by atoms with Crippen molar-refractivity contribution in [1.29, 1.82) is 0 Å². The summed E-state index contributed by atoms with van der Waals surface area (Å²) in [5.41, 5.74) is 2.09. The van der Waals surface area contributed by atoms with Crippen LogP contribution in [-0.2, 0) is 17.2 Å². The molecule has 4 heteroatoms. The molecule has 17 heavy (non-hydrogen) atoms. The van der Waals surface area contributed by atoms with E-state index in [0.29, 0.717) is 12.5 Å². The van der Waals surface area contributed by atoms with E-state index < -0.39 is 0 Å². The van der Waals surface area contributed by atoms with Gasteiger partial charge in [-0.25, -0.2) is 4.98 Å². The number of halogens is 1. The highest BCUT2D eigenvalue weighted by Crippen LogP contribution is 2.22. The fourth-order valence-electron chi connectivity index (χ4n) is 1.44. The van der Waals surface area contributed by atoms with E-state index in [1.165, 1.54) is 5.56 Å². The van der Waals surface area contributed by atoms with E-state index >= 15 is 0 Å². The van der Waals surface area contributed by atoms with Gasteiger partial charge in [-0.05, 0) is 12.5 Å². The number of ether oxygens (including phenoxy) is 1. The number of benzene rings is 1. The van der Waals surface area contributed by atoms with E-state index in [1.807, 2.05) is 30.5 Å². The molecular weight excluding hydrogens is 254 g/mol. The topological polar surface area (TPSA) is 22.1 Å². The lowest BCUT2D eigenvalue weighted by atomic mass is 10.2. The van der Waals surface area contributed by atoms with Crippen molar-refractivity contribution in [2.24, 2.45) is 0 Å². The molecule has 1 heterocycles. The molecule has 90 valence electrons. The number of nitrogens with zero attached hydrogens (tertiary/aromatic N) is 1. The quantitative estimate of drug-likeness (QED) is 0.759. The van der Waals surface area contributed by atoms with Gasteiger partial charge in [0.1, 0.15) is 11.1 Å². The van der Waals surface area contributed by atoms with Gasteiger partial charge in [0, 0.05) is 5.38 Å². The number of aromatic nitrogens is 1. The van der Waals surface area contributed by atoms with Gasteiger partial charge in [-0.3, -0.25) is 0 Å². The molecule has 0 bridgehead atoms. The summed E-state index contributed by atoms with van der Waals surface area (Å²) in [6, 6.07) is 10.1. The predicted molar refractivity (Wildman–Crippen MR) is 71.3 cm³/mol. The van der Waals surface area contributed by atoms with Crippen molar-refractivity contribution in [1.82, 2.24) is 4.98 Å². The molecule has 0 saturated heterocycles. The molecule has 0 radical (unpaired) electrons. The molecule has 2 rings (SSSR count). The summed E-state index contributed by atoms with van der Waals surface area (Å²) in [6.45, 7) is 2.62. The van der Waals surface area contributed by atoms with Crippen LogP contribution in [0.5, 0.6) is 0 Å². The summed E-state index contributed by atoms with van der Waals surface area (Å²) >= 11 is 7.32. The predicted octanol–water partition coefficient (Wildman–Crippen LogP) is 4.16. The minimum Gasteiger partial charge on any atom is -0.367 e. The molecule has 0 aliphatic heterocycles. The lowest BCUT2D eigenvalue weighted by Gasteiger charge is -2.10. The Morgan fingerprint density at radius 2 is 2.12 bits per heavy atom. The second kappa shape index (κ2) is 6.15. The fourth-order valence-corrected chi connectivity index (χ4v) is 2.49. The van der Waals surface area contributed by atoms with Crippen molar-refractivity contribution >= 4 is 22.9 Å². The zero-order chi connectivity index (χ0) is 12.1. The van der Waals surface area contributed by atoms with Crippen LogP contribution in [0.2, 0.25) is 0 Å². The Balaban J connectivity index is 1.91. The maximum atomic E-state index is 5.78. The monoisotopic (exact) mass is 267 g/mol. The summed E-state index contributed by atoms with van der Waals surface area (Å²) in [4.78, 5) is 4.40. The first kappa shape index (κ1) is 12.6. The maximum absolute atomic E-state index is 5.78. The first-order valence-corrected chi connectivity index (χ1v) is 6.87. The molecule has 1 atom stereocenters. The molecule has 0 amide bonds. The molecule has 1 aromatic carbocycles. The van der Waals surface area contributed by atoms with Gasteiger partial charge in [-0.2, -0.15) is 0 Å². The first-order valence-electron chi connectivity index (χ1n) is 5.45. The van der Waals surface area contributed by atoms with Gasteiger partial charge in [0.15, 0.2) is 0 Å². The Bertz CT molecular complexity index is 457. The van der Waals surface area contributed by atoms with Crippen molar-refractivity contribution in [2.45, 2.75) is 25.5 Å². The van der Waals surface area contributed by atoms with Crippen LogP contribution in [0.1, 0.15) is 29.3 Å². The molecule has 0 spiro atoms. The highest BCUT2D eigenvalue weighted by Gasteiger charge is 2.10. The zero-order valence-corrected chi connectivity index (χ0v) is 11.2. The van der Waals surface area contributed by atoms with Gasteiger partial charge in [0.05, 0.1) is 18.2 Å².